The minimum absolute atomic E-state index is 1.26. The van der Waals surface area contributed by atoms with E-state index in [2.05, 4.69) is 110 Å². The van der Waals surface area contributed by atoms with Crippen molar-refractivity contribution in [2.24, 2.45) is 0 Å². The Morgan fingerprint density at radius 3 is 0.967 bits per heavy atom. The zero-order valence-corrected chi connectivity index (χ0v) is 20.9. The summed E-state index contributed by atoms with van der Waals surface area (Å²) in [6.45, 7) is 0. The van der Waals surface area contributed by atoms with Crippen LogP contribution in [0.1, 0.15) is 0 Å². The lowest BCUT2D eigenvalue weighted by atomic mass is 9.91. The van der Waals surface area contributed by atoms with Crippen molar-refractivity contribution in [2.75, 3.05) is 0 Å². The number of hydrogen-bond acceptors (Lipinski definition) is 0. The molecule has 0 N–H and O–H groups in total. The Balaban J connectivity index is 2.05. The summed E-state index contributed by atoms with van der Waals surface area (Å²) in [5.74, 6) is 0. The van der Waals surface area contributed by atoms with Gasteiger partial charge in [-0.3, -0.25) is 0 Å². The third-order valence-corrected chi connectivity index (χ3v) is 8.66. The van der Waals surface area contributed by atoms with Crippen LogP contribution in [0.5, 0.6) is 0 Å². The molecule has 4 unspecified atom stereocenters. The summed E-state index contributed by atoms with van der Waals surface area (Å²) in [6, 6.07) is 26.3. The summed E-state index contributed by atoms with van der Waals surface area (Å²) in [6.07, 6.45) is 0. The maximum absolute atomic E-state index is 3.08. The van der Waals surface area contributed by atoms with Crippen molar-refractivity contribution in [2.45, 2.75) is 0 Å². The van der Waals surface area contributed by atoms with Crippen LogP contribution in [0.15, 0.2) is 72.8 Å². The molecule has 0 aliphatic heterocycles. The maximum Gasteiger partial charge on any atom is -0.00143 e. The largest absolute Gasteiger partial charge is 0.104 e. The monoisotopic (exact) mass is 456 g/mol. The van der Waals surface area contributed by atoms with E-state index in [4.69, 9.17) is 0 Å². The average molecular weight is 456 g/mol. The van der Waals surface area contributed by atoms with Gasteiger partial charge in [-0.1, -0.05) is 72.8 Å². The molecule has 6 aromatic rings. The lowest BCUT2D eigenvalue weighted by molar-refractivity contribution is 1.80. The molecular formula is C26H20P4. The predicted octanol–water partition coefficient (Wildman–Crippen LogP) is 5.45. The first-order chi connectivity index (χ1) is 14.6. The van der Waals surface area contributed by atoms with Crippen LogP contribution >= 0.6 is 37.0 Å². The van der Waals surface area contributed by atoms with Crippen molar-refractivity contribution >= 4 is 112 Å². The number of rotatable bonds is 0. The molecule has 0 saturated heterocycles. The Morgan fingerprint density at radius 1 is 0.300 bits per heavy atom. The van der Waals surface area contributed by atoms with Gasteiger partial charge in [-0.15, -0.1) is 37.0 Å². The van der Waals surface area contributed by atoms with Crippen LogP contribution in [0.25, 0.3) is 53.9 Å². The molecule has 0 nitrogen and oxygen atoms in total. The normalized spacial score (nSPS) is 12.0. The van der Waals surface area contributed by atoms with Crippen molar-refractivity contribution in [1.82, 2.24) is 0 Å². The van der Waals surface area contributed by atoms with E-state index in [0.717, 1.165) is 0 Å². The van der Waals surface area contributed by atoms with Crippen molar-refractivity contribution in [1.29, 1.82) is 0 Å². The third-order valence-electron chi connectivity index (χ3n) is 6.31. The topological polar surface area (TPSA) is 0 Å². The van der Waals surface area contributed by atoms with E-state index in [9.17, 15) is 0 Å². The second-order valence-electron chi connectivity index (χ2n) is 7.79. The minimum atomic E-state index is 1.26. The molecule has 6 rings (SSSR count). The molecule has 6 aromatic carbocycles. The van der Waals surface area contributed by atoms with Crippen LogP contribution in [0.3, 0.4) is 0 Å². The first-order valence-corrected chi connectivity index (χ1v) is 12.2. The predicted molar refractivity (Wildman–Crippen MR) is 151 cm³/mol. The first-order valence-electron chi connectivity index (χ1n) is 9.89. The molecular weight excluding hydrogens is 436 g/mol. The van der Waals surface area contributed by atoms with Gasteiger partial charge < -0.3 is 0 Å². The van der Waals surface area contributed by atoms with Gasteiger partial charge in [0.2, 0.25) is 0 Å². The fourth-order valence-corrected chi connectivity index (χ4v) is 7.64. The molecule has 0 aromatic heterocycles. The van der Waals surface area contributed by atoms with E-state index in [-0.39, 0.29) is 0 Å². The van der Waals surface area contributed by atoms with Gasteiger partial charge in [0.15, 0.2) is 0 Å². The number of hydrogen-bond donors (Lipinski definition) is 0. The Morgan fingerprint density at radius 2 is 0.600 bits per heavy atom. The van der Waals surface area contributed by atoms with Gasteiger partial charge in [0.25, 0.3) is 0 Å². The van der Waals surface area contributed by atoms with Gasteiger partial charge >= 0.3 is 0 Å². The molecule has 4 heteroatoms. The number of benzene rings is 6. The summed E-state index contributed by atoms with van der Waals surface area (Å²) < 4.78 is 0. The molecule has 144 valence electrons. The van der Waals surface area contributed by atoms with E-state index < -0.39 is 0 Å². The second-order valence-corrected chi connectivity index (χ2v) is 10.1. The van der Waals surface area contributed by atoms with Crippen LogP contribution in [0, 0.1) is 0 Å². The molecule has 0 radical (unpaired) electrons. The summed E-state index contributed by atoms with van der Waals surface area (Å²) in [7, 11) is 12.2. The van der Waals surface area contributed by atoms with Crippen LogP contribution in [0.4, 0.5) is 0 Å². The second kappa shape index (κ2) is 6.92. The van der Waals surface area contributed by atoms with Crippen LogP contribution in [-0.4, -0.2) is 0 Å². The van der Waals surface area contributed by atoms with Crippen molar-refractivity contribution in [3.8, 4) is 0 Å². The molecule has 0 saturated carbocycles. The van der Waals surface area contributed by atoms with Crippen molar-refractivity contribution in [3.05, 3.63) is 72.8 Å². The molecule has 0 aliphatic carbocycles. The van der Waals surface area contributed by atoms with Gasteiger partial charge in [0, 0.05) is 0 Å². The van der Waals surface area contributed by atoms with E-state index in [1.54, 1.807) is 0 Å². The Labute approximate surface area is 184 Å². The molecule has 0 spiro atoms. The molecule has 0 amide bonds. The summed E-state index contributed by atoms with van der Waals surface area (Å²) in [4.78, 5) is 0. The van der Waals surface area contributed by atoms with E-state index in [1.807, 2.05) is 0 Å². The highest BCUT2D eigenvalue weighted by atomic mass is 31.0. The van der Waals surface area contributed by atoms with Crippen molar-refractivity contribution < 1.29 is 0 Å². The average Bonchev–Trinajstić information content (AvgIpc) is 2.79. The fraction of sp³-hybridized carbons (Fsp3) is 0. The van der Waals surface area contributed by atoms with E-state index >= 15 is 0 Å². The first kappa shape index (κ1) is 19.1. The summed E-state index contributed by atoms with van der Waals surface area (Å²) in [5, 5.41) is 18.2. The lowest BCUT2D eigenvalue weighted by Gasteiger charge is -2.21. The molecule has 0 aliphatic rings. The Kier molecular flexibility index (Phi) is 4.40. The van der Waals surface area contributed by atoms with Crippen LogP contribution < -0.4 is 21.2 Å². The standard InChI is InChI=1S/C26H20P4/c27-23-17-11-5-6-12-18(17)24(28)22-21(23)25(29)19-15-9-3-1-7-13(15)14-8-2-4-10-16(14)20(19)26(22)30/h1-12H,27-30H2. The van der Waals surface area contributed by atoms with Gasteiger partial charge in [-0.2, -0.15) is 0 Å². The SMILES string of the molecule is Pc1c2ccccc2c(P)c2c(P)c3c4ccccc4c4ccccc4c3c(P)c12. The smallest absolute Gasteiger partial charge is 0.00143 e. The van der Waals surface area contributed by atoms with Gasteiger partial charge in [0.05, 0.1) is 0 Å². The van der Waals surface area contributed by atoms with Crippen LogP contribution in [0.2, 0.25) is 0 Å². The highest BCUT2D eigenvalue weighted by molar-refractivity contribution is 7.35. The van der Waals surface area contributed by atoms with Crippen LogP contribution in [-0.2, 0) is 0 Å². The highest BCUT2D eigenvalue weighted by Gasteiger charge is 2.20. The molecule has 0 bridgehead atoms. The molecule has 0 fully saturated rings. The van der Waals surface area contributed by atoms with Gasteiger partial charge in [0.1, 0.15) is 0 Å². The van der Waals surface area contributed by atoms with E-state index in [1.165, 1.54) is 75.1 Å². The fourth-order valence-electron chi connectivity index (χ4n) is 5.00. The summed E-state index contributed by atoms with van der Waals surface area (Å²) >= 11 is 0. The van der Waals surface area contributed by atoms with E-state index in [0.29, 0.717) is 0 Å². The quantitative estimate of drug-likeness (QED) is 0.162. The zero-order chi connectivity index (χ0) is 20.6. The zero-order valence-electron chi connectivity index (χ0n) is 16.2. The Hall–Kier alpha value is -1.66. The van der Waals surface area contributed by atoms with Crippen molar-refractivity contribution in [3.63, 3.8) is 0 Å². The molecule has 30 heavy (non-hydrogen) atoms. The lowest BCUT2D eigenvalue weighted by Crippen LogP contribution is -2.19. The van der Waals surface area contributed by atoms with Gasteiger partial charge in [-0.05, 0) is 75.1 Å². The summed E-state index contributed by atoms with van der Waals surface area (Å²) in [5.41, 5.74) is 0. The highest BCUT2D eigenvalue weighted by Crippen LogP contribution is 2.37. The van der Waals surface area contributed by atoms with Gasteiger partial charge in [-0.25, -0.2) is 0 Å². The minimum Gasteiger partial charge on any atom is -0.104 e. The molecule has 0 heterocycles. The Bertz CT molecular complexity index is 1560. The third kappa shape index (κ3) is 2.44. The maximum atomic E-state index is 3.08. The number of fused-ring (bicyclic) bond motifs is 8. The molecule has 4 atom stereocenters.